The molecule has 4 aromatic heterocycles. The number of hydrogen-bond donors (Lipinski definition) is 2. The Labute approximate surface area is 172 Å². The molecular weight excluding hydrogens is 378 g/mol. The minimum absolute atomic E-state index is 0.0641. The van der Waals surface area contributed by atoms with Crippen molar-refractivity contribution in [3.05, 3.63) is 73.3 Å². The van der Waals surface area contributed by atoms with Crippen LogP contribution in [0.4, 0.5) is 5.82 Å². The first-order valence-corrected chi connectivity index (χ1v) is 9.56. The average Bonchev–Trinajstić information content (AvgIpc) is 3.42. The molecule has 0 aliphatic carbocycles. The molecule has 0 amide bonds. The number of furan rings is 1. The van der Waals surface area contributed by atoms with Gasteiger partial charge in [-0.3, -0.25) is 9.67 Å². The van der Waals surface area contributed by atoms with Crippen LogP contribution in [0, 0.1) is 0 Å². The number of nitrogens with two attached hydrogens (primary N) is 1. The number of aromatic nitrogens is 4. The molecule has 0 atom stereocenters. The molecule has 5 rings (SSSR count). The molecule has 0 spiro atoms. The fraction of sp³-hybridized carbons (Fsp3) is 0.0870. The van der Waals surface area contributed by atoms with Gasteiger partial charge in [-0.25, -0.2) is 4.98 Å². The number of aliphatic hydroxyl groups excluding tert-OH is 1. The number of aliphatic hydroxyl groups is 1. The Morgan fingerprint density at radius 1 is 0.900 bits per heavy atom. The third-order valence-electron chi connectivity index (χ3n) is 4.97. The quantitative estimate of drug-likeness (QED) is 0.465. The highest BCUT2D eigenvalue weighted by Crippen LogP contribution is 2.34. The van der Waals surface area contributed by atoms with Crippen molar-refractivity contribution in [2.24, 2.45) is 0 Å². The second-order valence-electron chi connectivity index (χ2n) is 6.95. The second kappa shape index (κ2) is 7.46. The largest absolute Gasteiger partial charge is 0.454 e. The van der Waals surface area contributed by atoms with E-state index in [2.05, 4.69) is 15.1 Å². The van der Waals surface area contributed by atoms with Crippen LogP contribution in [0.15, 0.2) is 77.7 Å². The van der Waals surface area contributed by atoms with Crippen molar-refractivity contribution in [1.29, 1.82) is 0 Å². The number of rotatable bonds is 5. The molecule has 0 aliphatic heterocycles. The third kappa shape index (κ3) is 3.31. The van der Waals surface area contributed by atoms with E-state index in [1.807, 2.05) is 48.7 Å². The van der Waals surface area contributed by atoms with Gasteiger partial charge in [0, 0.05) is 46.9 Å². The van der Waals surface area contributed by atoms with Gasteiger partial charge in [-0.05, 0) is 23.8 Å². The van der Waals surface area contributed by atoms with E-state index >= 15 is 0 Å². The van der Waals surface area contributed by atoms with Crippen molar-refractivity contribution >= 4 is 16.9 Å². The van der Waals surface area contributed by atoms with Gasteiger partial charge in [0.2, 0.25) is 0 Å². The zero-order valence-corrected chi connectivity index (χ0v) is 16.1. The topological polar surface area (TPSA) is 103 Å². The van der Waals surface area contributed by atoms with Crippen molar-refractivity contribution in [3.8, 4) is 33.6 Å². The van der Waals surface area contributed by atoms with E-state index in [0.29, 0.717) is 17.9 Å². The van der Waals surface area contributed by atoms with E-state index in [9.17, 15) is 0 Å². The van der Waals surface area contributed by atoms with Gasteiger partial charge in [0.05, 0.1) is 19.3 Å². The summed E-state index contributed by atoms with van der Waals surface area (Å²) in [5.74, 6) is 1.22. The lowest BCUT2D eigenvalue weighted by Gasteiger charge is -2.02. The van der Waals surface area contributed by atoms with Gasteiger partial charge in [0.15, 0.2) is 5.58 Å². The first-order chi connectivity index (χ1) is 14.7. The highest BCUT2D eigenvalue weighted by molar-refractivity contribution is 5.92. The average molecular weight is 397 g/mol. The summed E-state index contributed by atoms with van der Waals surface area (Å²) in [7, 11) is 0. The molecule has 7 nitrogen and oxygen atoms in total. The van der Waals surface area contributed by atoms with E-state index in [4.69, 9.17) is 15.3 Å². The number of pyridine rings is 2. The van der Waals surface area contributed by atoms with Crippen molar-refractivity contribution in [2.45, 2.75) is 6.54 Å². The maximum atomic E-state index is 9.04. The normalized spacial score (nSPS) is 11.2. The molecule has 0 saturated carbocycles. The Kier molecular flexibility index (Phi) is 4.49. The summed E-state index contributed by atoms with van der Waals surface area (Å²) < 4.78 is 7.91. The van der Waals surface area contributed by atoms with E-state index < -0.39 is 0 Å². The van der Waals surface area contributed by atoms with Gasteiger partial charge in [0.1, 0.15) is 17.1 Å². The summed E-state index contributed by atoms with van der Waals surface area (Å²) in [5, 5.41) is 13.3. The van der Waals surface area contributed by atoms with Gasteiger partial charge < -0.3 is 15.3 Å². The first-order valence-electron chi connectivity index (χ1n) is 9.56. The Morgan fingerprint density at radius 2 is 1.70 bits per heavy atom. The van der Waals surface area contributed by atoms with Gasteiger partial charge >= 0.3 is 0 Å². The molecule has 5 aromatic rings. The molecule has 0 saturated heterocycles. The van der Waals surface area contributed by atoms with Crippen molar-refractivity contribution in [2.75, 3.05) is 12.3 Å². The van der Waals surface area contributed by atoms with Crippen LogP contribution in [0.3, 0.4) is 0 Å². The first kappa shape index (κ1) is 18.1. The van der Waals surface area contributed by atoms with Crippen LogP contribution in [0.25, 0.3) is 44.7 Å². The molecule has 0 radical (unpaired) electrons. The summed E-state index contributed by atoms with van der Waals surface area (Å²) in [6.07, 6.45) is 7.21. The minimum Gasteiger partial charge on any atom is -0.454 e. The molecule has 3 N–H and O–H groups in total. The van der Waals surface area contributed by atoms with Gasteiger partial charge in [-0.2, -0.15) is 5.10 Å². The molecule has 0 aliphatic rings. The predicted octanol–water partition coefficient (Wildman–Crippen LogP) is 3.99. The fourth-order valence-corrected chi connectivity index (χ4v) is 3.44. The number of nitrogen functional groups attached to an aromatic ring is 1. The van der Waals surface area contributed by atoms with E-state index in [1.165, 1.54) is 0 Å². The zero-order chi connectivity index (χ0) is 20.5. The lowest BCUT2D eigenvalue weighted by atomic mass is 10.1. The Balaban J connectivity index is 1.49. The number of anilines is 1. The molecular formula is C23H19N5O2. The lowest BCUT2D eigenvalue weighted by molar-refractivity contribution is 0.269. The molecule has 1 aromatic carbocycles. The van der Waals surface area contributed by atoms with Crippen LogP contribution < -0.4 is 5.73 Å². The molecule has 148 valence electrons. The number of fused-ring (bicyclic) bond motifs is 1. The fourth-order valence-electron chi connectivity index (χ4n) is 3.44. The maximum absolute atomic E-state index is 9.04. The summed E-state index contributed by atoms with van der Waals surface area (Å²) in [5.41, 5.74) is 12.1. The highest BCUT2D eigenvalue weighted by atomic mass is 16.3. The number of benzene rings is 1. The zero-order valence-electron chi connectivity index (χ0n) is 16.1. The van der Waals surface area contributed by atoms with Crippen LogP contribution in [0.1, 0.15) is 0 Å². The Bertz CT molecular complexity index is 1300. The van der Waals surface area contributed by atoms with E-state index in [0.717, 1.165) is 39.1 Å². The van der Waals surface area contributed by atoms with Crippen molar-refractivity contribution in [1.82, 2.24) is 19.7 Å². The maximum Gasteiger partial charge on any atom is 0.161 e. The summed E-state index contributed by atoms with van der Waals surface area (Å²) in [6, 6.07) is 15.6. The van der Waals surface area contributed by atoms with Crippen LogP contribution in [-0.2, 0) is 6.54 Å². The standard InChI is InChI=1S/C23H19N5O2/c24-22-6-5-17(12-26-22)19-7-8-25-20-11-21(30-23(19)20)16-3-1-15(2-4-16)18-13-27-28(14-18)9-10-29/h1-8,11-14,29H,9-10H2,(H2,24,26). The van der Waals surface area contributed by atoms with E-state index in [1.54, 1.807) is 29.3 Å². The molecule has 7 heteroatoms. The summed E-state index contributed by atoms with van der Waals surface area (Å²) >= 11 is 0. The number of hydrogen-bond acceptors (Lipinski definition) is 6. The molecule has 30 heavy (non-hydrogen) atoms. The minimum atomic E-state index is 0.0641. The van der Waals surface area contributed by atoms with Crippen LogP contribution in [0.5, 0.6) is 0 Å². The van der Waals surface area contributed by atoms with Gasteiger partial charge in [-0.1, -0.05) is 24.3 Å². The molecule has 4 heterocycles. The Morgan fingerprint density at radius 3 is 2.47 bits per heavy atom. The lowest BCUT2D eigenvalue weighted by Crippen LogP contribution is -2.01. The van der Waals surface area contributed by atoms with E-state index in [-0.39, 0.29) is 6.61 Å². The van der Waals surface area contributed by atoms with Crippen molar-refractivity contribution < 1.29 is 9.52 Å². The third-order valence-corrected chi connectivity index (χ3v) is 4.97. The number of nitrogens with zero attached hydrogens (tertiary/aromatic N) is 4. The van der Waals surface area contributed by atoms with Crippen molar-refractivity contribution in [3.63, 3.8) is 0 Å². The van der Waals surface area contributed by atoms with Gasteiger partial charge in [-0.15, -0.1) is 0 Å². The Hall–Kier alpha value is -3.97. The smallest absolute Gasteiger partial charge is 0.161 e. The molecule has 0 bridgehead atoms. The van der Waals surface area contributed by atoms with Gasteiger partial charge in [0.25, 0.3) is 0 Å². The highest BCUT2D eigenvalue weighted by Gasteiger charge is 2.13. The van der Waals surface area contributed by atoms with Crippen LogP contribution >= 0.6 is 0 Å². The second-order valence-corrected chi connectivity index (χ2v) is 6.95. The molecule has 0 unspecified atom stereocenters. The SMILES string of the molecule is Nc1ccc(-c2ccnc3cc(-c4ccc(-c5cnn(CCO)c5)cc4)oc23)cn1. The van der Waals surface area contributed by atoms with Crippen LogP contribution in [0.2, 0.25) is 0 Å². The summed E-state index contributed by atoms with van der Waals surface area (Å²) in [6.45, 7) is 0.546. The monoisotopic (exact) mass is 397 g/mol. The summed E-state index contributed by atoms with van der Waals surface area (Å²) in [4.78, 5) is 8.62. The van der Waals surface area contributed by atoms with Crippen LogP contribution in [-0.4, -0.2) is 31.5 Å². The predicted molar refractivity (Wildman–Crippen MR) is 115 cm³/mol. The molecule has 0 fully saturated rings.